The summed E-state index contributed by atoms with van der Waals surface area (Å²) in [7, 11) is 0. The smallest absolute Gasteiger partial charge is 0.299 e. The third-order valence-corrected chi connectivity index (χ3v) is 3.60. The number of ether oxygens (including phenoxy) is 1. The number of rotatable bonds is 5. The van der Waals surface area contributed by atoms with E-state index in [1.807, 2.05) is 25.1 Å². The predicted molar refractivity (Wildman–Crippen MR) is 76.2 cm³/mol. The van der Waals surface area contributed by atoms with Crippen molar-refractivity contribution < 1.29 is 4.74 Å². The third-order valence-electron chi connectivity index (χ3n) is 2.31. The molecule has 2 rings (SSSR count). The predicted octanol–water partition coefficient (Wildman–Crippen LogP) is 3.51. The molecule has 0 aliphatic heterocycles. The molecule has 1 aromatic carbocycles. The fourth-order valence-corrected chi connectivity index (χ4v) is 2.55. The SMILES string of the molecule is CCNCc1nnc(Oc2ccc(Br)cc2C)s1. The fourth-order valence-electron chi connectivity index (χ4n) is 1.40. The number of aryl methyl sites for hydroxylation is 1. The van der Waals surface area contributed by atoms with Crippen LogP contribution in [0.1, 0.15) is 17.5 Å². The van der Waals surface area contributed by atoms with E-state index in [2.05, 4.69) is 38.4 Å². The van der Waals surface area contributed by atoms with Gasteiger partial charge in [0.1, 0.15) is 10.8 Å². The number of hydrogen-bond acceptors (Lipinski definition) is 5. The van der Waals surface area contributed by atoms with Crippen molar-refractivity contribution in [2.24, 2.45) is 0 Å². The minimum atomic E-state index is 0.577. The van der Waals surface area contributed by atoms with Gasteiger partial charge in [0.2, 0.25) is 0 Å². The molecule has 96 valence electrons. The molecule has 0 aliphatic carbocycles. The monoisotopic (exact) mass is 327 g/mol. The first-order chi connectivity index (χ1) is 8.69. The van der Waals surface area contributed by atoms with Crippen LogP contribution in [0, 0.1) is 6.92 Å². The van der Waals surface area contributed by atoms with Crippen molar-refractivity contribution in [2.45, 2.75) is 20.4 Å². The highest BCUT2D eigenvalue weighted by Crippen LogP contribution is 2.29. The minimum absolute atomic E-state index is 0.577. The Balaban J connectivity index is 2.06. The quantitative estimate of drug-likeness (QED) is 0.912. The Kier molecular flexibility index (Phi) is 4.68. The van der Waals surface area contributed by atoms with Gasteiger partial charge >= 0.3 is 0 Å². The first-order valence-corrected chi connectivity index (χ1v) is 7.27. The zero-order valence-corrected chi connectivity index (χ0v) is 12.6. The molecule has 6 heteroatoms. The molecule has 0 spiro atoms. The van der Waals surface area contributed by atoms with Crippen LogP contribution in [0.3, 0.4) is 0 Å². The van der Waals surface area contributed by atoms with E-state index in [9.17, 15) is 0 Å². The number of halogens is 1. The van der Waals surface area contributed by atoms with Crippen LogP contribution in [0.4, 0.5) is 0 Å². The van der Waals surface area contributed by atoms with E-state index in [-0.39, 0.29) is 0 Å². The summed E-state index contributed by atoms with van der Waals surface area (Å²) in [5.41, 5.74) is 1.06. The van der Waals surface area contributed by atoms with Crippen molar-refractivity contribution in [2.75, 3.05) is 6.54 Å². The van der Waals surface area contributed by atoms with Gasteiger partial charge in [-0.3, -0.25) is 0 Å². The van der Waals surface area contributed by atoms with Gasteiger partial charge in [0.05, 0.1) is 0 Å². The maximum atomic E-state index is 5.72. The molecule has 1 N–H and O–H groups in total. The molecule has 0 fully saturated rings. The molecule has 0 atom stereocenters. The van der Waals surface area contributed by atoms with Crippen molar-refractivity contribution in [3.8, 4) is 10.9 Å². The van der Waals surface area contributed by atoms with Crippen LogP contribution < -0.4 is 10.1 Å². The molecule has 4 nitrogen and oxygen atoms in total. The molecule has 0 bridgehead atoms. The molecule has 0 radical (unpaired) electrons. The molecule has 1 heterocycles. The average molecular weight is 328 g/mol. The normalized spacial score (nSPS) is 10.6. The van der Waals surface area contributed by atoms with Gasteiger partial charge in [0.15, 0.2) is 0 Å². The lowest BCUT2D eigenvalue weighted by Gasteiger charge is -2.04. The van der Waals surface area contributed by atoms with Gasteiger partial charge in [-0.25, -0.2) is 0 Å². The Morgan fingerprint density at radius 3 is 2.94 bits per heavy atom. The fraction of sp³-hybridized carbons (Fsp3) is 0.333. The highest BCUT2D eigenvalue weighted by molar-refractivity contribution is 9.10. The molecule has 1 aromatic heterocycles. The first-order valence-electron chi connectivity index (χ1n) is 5.66. The van der Waals surface area contributed by atoms with Crippen LogP contribution in [-0.4, -0.2) is 16.7 Å². The molecule has 0 amide bonds. The molecule has 0 saturated heterocycles. The van der Waals surface area contributed by atoms with Gasteiger partial charge in [0.25, 0.3) is 5.19 Å². The first kappa shape index (κ1) is 13.5. The Morgan fingerprint density at radius 1 is 1.39 bits per heavy atom. The molecule has 0 aliphatic rings. The number of aromatic nitrogens is 2. The lowest BCUT2D eigenvalue weighted by molar-refractivity contribution is 0.469. The number of hydrogen-bond donors (Lipinski definition) is 1. The summed E-state index contributed by atoms with van der Waals surface area (Å²) >= 11 is 4.89. The zero-order valence-electron chi connectivity index (χ0n) is 10.2. The molecular weight excluding hydrogens is 314 g/mol. The summed E-state index contributed by atoms with van der Waals surface area (Å²) in [6.07, 6.45) is 0. The van der Waals surface area contributed by atoms with Crippen molar-refractivity contribution in [1.29, 1.82) is 0 Å². The summed E-state index contributed by atoms with van der Waals surface area (Å²) in [5.74, 6) is 0.810. The lowest BCUT2D eigenvalue weighted by Crippen LogP contribution is -2.11. The maximum absolute atomic E-state index is 5.72. The summed E-state index contributed by atoms with van der Waals surface area (Å²) in [5, 5.41) is 12.8. The summed E-state index contributed by atoms with van der Waals surface area (Å²) in [6.45, 7) is 5.71. The number of benzene rings is 1. The Morgan fingerprint density at radius 2 is 2.22 bits per heavy atom. The van der Waals surface area contributed by atoms with Gasteiger partial charge in [0, 0.05) is 11.0 Å². The standard InChI is InChI=1S/C12H14BrN3OS/c1-3-14-7-11-15-16-12(18-11)17-10-5-4-9(13)6-8(10)2/h4-6,14H,3,7H2,1-2H3. The van der Waals surface area contributed by atoms with E-state index in [0.29, 0.717) is 5.19 Å². The van der Waals surface area contributed by atoms with E-state index < -0.39 is 0 Å². The van der Waals surface area contributed by atoms with Crippen molar-refractivity contribution >= 4 is 27.3 Å². The van der Waals surface area contributed by atoms with Gasteiger partial charge in [-0.2, -0.15) is 0 Å². The largest absolute Gasteiger partial charge is 0.430 e. The van der Waals surface area contributed by atoms with Gasteiger partial charge in [-0.15, -0.1) is 5.10 Å². The van der Waals surface area contributed by atoms with Gasteiger partial charge in [-0.05, 0) is 37.2 Å². The van der Waals surface area contributed by atoms with Crippen LogP contribution in [0.15, 0.2) is 22.7 Å². The van der Waals surface area contributed by atoms with Crippen molar-refractivity contribution in [1.82, 2.24) is 15.5 Å². The highest BCUT2D eigenvalue weighted by Gasteiger charge is 2.07. The van der Waals surface area contributed by atoms with Crippen LogP contribution in [-0.2, 0) is 6.54 Å². The van der Waals surface area contributed by atoms with E-state index in [1.54, 1.807) is 0 Å². The Hall–Kier alpha value is -0.980. The summed E-state index contributed by atoms with van der Waals surface area (Å²) in [4.78, 5) is 0. The summed E-state index contributed by atoms with van der Waals surface area (Å²) in [6, 6.07) is 5.88. The average Bonchev–Trinajstić information content (AvgIpc) is 2.78. The van der Waals surface area contributed by atoms with E-state index in [0.717, 1.165) is 33.9 Å². The Labute approximate surface area is 119 Å². The van der Waals surface area contributed by atoms with Crippen LogP contribution in [0.5, 0.6) is 10.9 Å². The van der Waals surface area contributed by atoms with Crippen LogP contribution in [0.25, 0.3) is 0 Å². The number of nitrogens with one attached hydrogen (secondary N) is 1. The summed E-state index contributed by atoms with van der Waals surface area (Å²) < 4.78 is 6.76. The third kappa shape index (κ3) is 3.51. The lowest BCUT2D eigenvalue weighted by atomic mass is 10.2. The topological polar surface area (TPSA) is 47.0 Å². The van der Waals surface area contributed by atoms with E-state index in [1.165, 1.54) is 11.3 Å². The molecule has 2 aromatic rings. The molecule has 0 unspecified atom stereocenters. The van der Waals surface area contributed by atoms with E-state index in [4.69, 9.17) is 4.74 Å². The van der Waals surface area contributed by atoms with Crippen molar-refractivity contribution in [3.63, 3.8) is 0 Å². The molecule has 18 heavy (non-hydrogen) atoms. The highest BCUT2D eigenvalue weighted by atomic mass is 79.9. The second-order valence-electron chi connectivity index (χ2n) is 3.75. The van der Waals surface area contributed by atoms with E-state index >= 15 is 0 Å². The van der Waals surface area contributed by atoms with Gasteiger partial charge in [-0.1, -0.05) is 39.3 Å². The molecule has 0 saturated carbocycles. The minimum Gasteiger partial charge on any atom is -0.430 e. The Bertz CT molecular complexity index is 530. The van der Waals surface area contributed by atoms with Crippen LogP contribution in [0.2, 0.25) is 0 Å². The maximum Gasteiger partial charge on any atom is 0.299 e. The van der Waals surface area contributed by atoms with Crippen LogP contribution >= 0.6 is 27.3 Å². The van der Waals surface area contributed by atoms with Crippen molar-refractivity contribution in [3.05, 3.63) is 33.2 Å². The second-order valence-corrected chi connectivity index (χ2v) is 5.69. The second kappa shape index (κ2) is 6.26. The zero-order chi connectivity index (χ0) is 13.0. The molecular formula is C12H14BrN3OS. The number of nitrogens with zero attached hydrogens (tertiary/aromatic N) is 2. The van der Waals surface area contributed by atoms with Gasteiger partial charge < -0.3 is 10.1 Å².